The number of nitriles is 1. The highest BCUT2D eigenvalue weighted by Gasteiger charge is 2.34. The van der Waals surface area contributed by atoms with Gasteiger partial charge in [-0.05, 0) is 43.6 Å². The molecule has 0 atom stereocenters. The van der Waals surface area contributed by atoms with E-state index in [0.29, 0.717) is 24.9 Å². The van der Waals surface area contributed by atoms with Gasteiger partial charge in [0.25, 0.3) is 5.91 Å². The second-order valence-corrected chi connectivity index (χ2v) is 6.10. The molecule has 1 aliphatic carbocycles. The van der Waals surface area contributed by atoms with Crippen LogP contribution in [0.5, 0.6) is 0 Å². The monoisotopic (exact) mass is 305 g/mol. The van der Waals surface area contributed by atoms with Crippen molar-refractivity contribution in [2.45, 2.75) is 44.1 Å². The highest BCUT2D eigenvalue weighted by molar-refractivity contribution is 7.08. The van der Waals surface area contributed by atoms with E-state index in [1.165, 1.54) is 11.3 Å². The molecule has 0 saturated heterocycles. The third kappa shape index (κ3) is 4.30. The van der Waals surface area contributed by atoms with Gasteiger partial charge in [-0.25, -0.2) is 0 Å². The van der Waals surface area contributed by atoms with E-state index in [4.69, 9.17) is 0 Å². The van der Waals surface area contributed by atoms with Crippen molar-refractivity contribution in [3.8, 4) is 6.07 Å². The fourth-order valence-corrected chi connectivity index (χ4v) is 3.16. The number of carbonyl (C=O) groups excluding carboxylic acids is 2. The Morgan fingerprint density at radius 3 is 2.76 bits per heavy atom. The van der Waals surface area contributed by atoms with Crippen LogP contribution < -0.4 is 10.6 Å². The van der Waals surface area contributed by atoms with Gasteiger partial charge >= 0.3 is 0 Å². The molecule has 112 valence electrons. The van der Waals surface area contributed by atoms with Crippen LogP contribution in [0.3, 0.4) is 0 Å². The minimum Gasteiger partial charge on any atom is -0.352 e. The summed E-state index contributed by atoms with van der Waals surface area (Å²) in [6.45, 7) is 0.460. The van der Waals surface area contributed by atoms with Gasteiger partial charge in [-0.15, -0.1) is 0 Å². The molecule has 0 bridgehead atoms. The lowest BCUT2D eigenvalue weighted by Gasteiger charge is -2.21. The van der Waals surface area contributed by atoms with Crippen LogP contribution in [0, 0.1) is 11.3 Å². The number of nitrogens with one attached hydrogen (secondary N) is 2. The molecule has 1 heterocycles. The number of nitrogens with zero attached hydrogens (tertiary/aromatic N) is 1. The van der Waals surface area contributed by atoms with Gasteiger partial charge in [0.05, 0.1) is 6.07 Å². The van der Waals surface area contributed by atoms with Gasteiger partial charge in [-0.1, -0.05) is 0 Å². The fraction of sp³-hybridized carbons (Fsp3) is 0.533. The van der Waals surface area contributed by atoms with E-state index in [2.05, 4.69) is 16.7 Å². The molecule has 0 radical (unpaired) electrons. The molecule has 1 aliphatic rings. The second kappa shape index (κ2) is 7.23. The van der Waals surface area contributed by atoms with Crippen LogP contribution in [0.25, 0.3) is 0 Å². The van der Waals surface area contributed by atoms with Crippen molar-refractivity contribution in [1.29, 1.82) is 5.26 Å². The van der Waals surface area contributed by atoms with Gasteiger partial charge in [-0.2, -0.15) is 16.6 Å². The minimum absolute atomic E-state index is 0.108. The molecule has 1 aromatic rings. The molecule has 6 heteroatoms. The van der Waals surface area contributed by atoms with Gasteiger partial charge < -0.3 is 10.6 Å². The zero-order valence-electron chi connectivity index (χ0n) is 11.9. The standard InChI is InChI=1S/C15H19N3O2S/c16-11-15(6-1-2-7-15)18-13(19)4-3-8-17-14(20)12-5-9-21-10-12/h5,9-10H,1-4,6-8H2,(H,17,20)(H,18,19). The number of hydrogen-bond acceptors (Lipinski definition) is 4. The predicted molar refractivity (Wildman–Crippen MR) is 80.8 cm³/mol. The summed E-state index contributed by atoms with van der Waals surface area (Å²) >= 11 is 1.48. The zero-order valence-corrected chi connectivity index (χ0v) is 12.7. The first-order chi connectivity index (χ1) is 10.2. The maximum atomic E-state index is 11.9. The van der Waals surface area contributed by atoms with Crippen molar-refractivity contribution in [2.75, 3.05) is 6.54 Å². The summed E-state index contributed by atoms with van der Waals surface area (Å²) in [4.78, 5) is 23.5. The largest absolute Gasteiger partial charge is 0.352 e. The van der Waals surface area contributed by atoms with E-state index in [0.717, 1.165) is 25.7 Å². The Labute approximate surface area is 128 Å². The summed E-state index contributed by atoms with van der Waals surface area (Å²) in [5.74, 6) is -0.218. The summed E-state index contributed by atoms with van der Waals surface area (Å²) in [5, 5.41) is 18.5. The second-order valence-electron chi connectivity index (χ2n) is 5.32. The van der Waals surface area contributed by atoms with Crippen LogP contribution in [0.2, 0.25) is 0 Å². The Kier molecular flexibility index (Phi) is 5.34. The van der Waals surface area contributed by atoms with E-state index >= 15 is 0 Å². The topological polar surface area (TPSA) is 82.0 Å². The van der Waals surface area contributed by atoms with Crippen LogP contribution in [0.1, 0.15) is 48.9 Å². The lowest BCUT2D eigenvalue weighted by molar-refractivity contribution is -0.122. The van der Waals surface area contributed by atoms with Gasteiger partial charge in [0, 0.05) is 23.9 Å². The van der Waals surface area contributed by atoms with Gasteiger partial charge in [0.15, 0.2) is 0 Å². The van der Waals surface area contributed by atoms with Crippen LogP contribution in [-0.2, 0) is 4.79 Å². The van der Waals surface area contributed by atoms with Gasteiger partial charge in [0.2, 0.25) is 5.91 Å². The van der Waals surface area contributed by atoms with Crippen molar-refractivity contribution in [3.05, 3.63) is 22.4 Å². The molecule has 0 unspecified atom stereocenters. The van der Waals surface area contributed by atoms with Crippen molar-refractivity contribution in [1.82, 2.24) is 10.6 Å². The molecule has 2 rings (SSSR count). The first kappa shape index (κ1) is 15.5. The Morgan fingerprint density at radius 2 is 2.14 bits per heavy atom. The smallest absolute Gasteiger partial charge is 0.252 e. The number of thiophene rings is 1. The van der Waals surface area contributed by atoms with E-state index in [1.54, 1.807) is 11.4 Å². The number of rotatable bonds is 6. The van der Waals surface area contributed by atoms with Crippen LogP contribution in [0.15, 0.2) is 16.8 Å². The lowest BCUT2D eigenvalue weighted by atomic mass is 9.99. The summed E-state index contributed by atoms with van der Waals surface area (Å²) in [5.41, 5.74) is -0.00404. The third-order valence-electron chi connectivity index (χ3n) is 3.70. The van der Waals surface area contributed by atoms with E-state index in [9.17, 15) is 14.9 Å². The maximum Gasteiger partial charge on any atom is 0.252 e. The van der Waals surface area contributed by atoms with Crippen molar-refractivity contribution >= 4 is 23.2 Å². The maximum absolute atomic E-state index is 11.9. The Hall–Kier alpha value is -1.87. The van der Waals surface area contributed by atoms with Crippen molar-refractivity contribution < 1.29 is 9.59 Å². The number of hydrogen-bond donors (Lipinski definition) is 2. The Bertz CT molecular complexity index is 528. The van der Waals surface area contributed by atoms with Crippen molar-refractivity contribution in [2.24, 2.45) is 0 Å². The van der Waals surface area contributed by atoms with Crippen LogP contribution >= 0.6 is 11.3 Å². The first-order valence-corrected chi connectivity index (χ1v) is 8.12. The SMILES string of the molecule is N#CC1(NC(=O)CCCNC(=O)c2ccsc2)CCCC1. The summed E-state index contributed by atoms with van der Waals surface area (Å²) in [6, 6.07) is 4.00. The molecular formula is C15H19N3O2S. The van der Waals surface area contributed by atoms with E-state index < -0.39 is 5.54 Å². The van der Waals surface area contributed by atoms with Crippen LogP contribution in [-0.4, -0.2) is 23.9 Å². The molecule has 21 heavy (non-hydrogen) atoms. The Morgan fingerprint density at radius 1 is 1.38 bits per heavy atom. The molecular weight excluding hydrogens is 286 g/mol. The third-order valence-corrected chi connectivity index (χ3v) is 4.38. The molecule has 1 aromatic heterocycles. The summed E-state index contributed by atoms with van der Waals surface area (Å²) < 4.78 is 0. The molecule has 0 aromatic carbocycles. The highest BCUT2D eigenvalue weighted by atomic mass is 32.1. The van der Waals surface area contributed by atoms with Crippen LogP contribution in [0.4, 0.5) is 0 Å². The van der Waals surface area contributed by atoms with Gasteiger partial charge in [0.1, 0.15) is 5.54 Å². The van der Waals surface area contributed by atoms with E-state index in [1.807, 2.05) is 5.38 Å². The summed E-state index contributed by atoms with van der Waals surface area (Å²) in [6.07, 6.45) is 4.36. The lowest BCUT2D eigenvalue weighted by Crippen LogP contribution is -2.45. The zero-order chi connectivity index (χ0) is 15.1. The Balaban J connectivity index is 1.66. The van der Waals surface area contributed by atoms with Crippen molar-refractivity contribution in [3.63, 3.8) is 0 Å². The van der Waals surface area contributed by atoms with Gasteiger partial charge in [-0.3, -0.25) is 9.59 Å². The average Bonchev–Trinajstić information content (AvgIpc) is 3.15. The predicted octanol–water partition coefficient (Wildman–Crippen LogP) is 2.21. The quantitative estimate of drug-likeness (QED) is 0.791. The molecule has 1 saturated carbocycles. The minimum atomic E-state index is -0.656. The first-order valence-electron chi connectivity index (χ1n) is 7.18. The molecule has 2 amide bonds. The highest BCUT2D eigenvalue weighted by Crippen LogP contribution is 2.28. The molecule has 0 aliphatic heterocycles. The molecule has 2 N–H and O–H groups in total. The number of carbonyl (C=O) groups is 2. The fourth-order valence-electron chi connectivity index (χ4n) is 2.52. The number of amides is 2. The van der Waals surface area contributed by atoms with E-state index in [-0.39, 0.29) is 11.8 Å². The molecule has 5 nitrogen and oxygen atoms in total. The summed E-state index contributed by atoms with van der Waals surface area (Å²) in [7, 11) is 0. The molecule has 1 fully saturated rings. The average molecular weight is 305 g/mol. The molecule has 0 spiro atoms. The normalized spacial score (nSPS) is 16.1.